The summed E-state index contributed by atoms with van der Waals surface area (Å²) in [7, 11) is 1.67. The molecular weight excluding hydrogens is 264 g/mol. The summed E-state index contributed by atoms with van der Waals surface area (Å²) in [4.78, 5) is 12.1. The van der Waals surface area contributed by atoms with Gasteiger partial charge in [0.15, 0.2) is 0 Å². The van der Waals surface area contributed by atoms with Gasteiger partial charge in [0.1, 0.15) is 0 Å². The van der Waals surface area contributed by atoms with E-state index in [9.17, 15) is 4.79 Å². The lowest BCUT2D eigenvalue weighted by molar-refractivity contribution is 0.102. The number of hydrogen-bond acceptors (Lipinski definition) is 3. The van der Waals surface area contributed by atoms with Crippen molar-refractivity contribution in [3.8, 4) is 0 Å². The molecule has 0 unspecified atom stereocenters. The van der Waals surface area contributed by atoms with Crippen LogP contribution in [-0.4, -0.2) is 26.2 Å². The van der Waals surface area contributed by atoms with Gasteiger partial charge in [0.2, 0.25) is 0 Å². The van der Waals surface area contributed by atoms with Gasteiger partial charge >= 0.3 is 0 Å². The summed E-state index contributed by atoms with van der Waals surface area (Å²) in [5.74, 6) is -0.102. The topological polar surface area (TPSA) is 50.4 Å². The summed E-state index contributed by atoms with van der Waals surface area (Å²) in [6.45, 7) is 3.41. The summed E-state index contributed by atoms with van der Waals surface area (Å²) in [5, 5.41) is 6.11. The lowest BCUT2D eigenvalue weighted by Crippen LogP contribution is -2.12. The first-order valence-corrected chi connectivity index (χ1v) is 6.90. The Balaban J connectivity index is 1.93. The van der Waals surface area contributed by atoms with E-state index in [0.29, 0.717) is 12.2 Å². The summed E-state index contributed by atoms with van der Waals surface area (Å²) in [6.07, 6.45) is 0. The van der Waals surface area contributed by atoms with E-state index in [1.54, 1.807) is 7.11 Å². The molecule has 0 aromatic heterocycles. The Morgan fingerprint density at radius 1 is 1.00 bits per heavy atom. The molecule has 0 bridgehead atoms. The largest absolute Gasteiger partial charge is 0.383 e. The maximum absolute atomic E-state index is 12.1. The number of ether oxygens (including phenoxy) is 1. The van der Waals surface area contributed by atoms with E-state index in [-0.39, 0.29) is 5.91 Å². The molecular formula is C17H20N2O2. The van der Waals surface area contributed by atoms with Gasteiger partial charge in [0, 0.05) is 30.6 Å². The first kappa shape index (κ1) is 15.1. The molecule has 0 atom stereocenters. The molecule has 1 amide bonds. The van der Waals surface area contributed by atoms with Crippen molar-refractivity contribution in [3.05, 3.63) is 59.7 Å². The minimum Gasteiger partial charge on any atom is -0.383 e. The maximum Gasteiger partial charge on any atom is 0.255 e. The number of anilines is 2. The van der Waals surface area contributed by atoms with Crippen molar-refractivity contribution in [2.75, 3.05) is 30.9 Å². The number of amides is 1. The number of benzene rings is 2. The highest BCUT2D eigenvalue weighted by Gasteiger charge is 2.05. The second kappa shape index (κ2) is 7.45. The molecule has 0 aliphatic heterocycles. The molecule has 110 valence electrons. The van der Waals surface area contributed by atoms with Crippen LogP contribution in [0, 0.1) is 6.92 Å². The van der Waals surface area contributed by atoms with E-state index in [2.05, 4.69) is 10.6 Å². The Kier molecular flexibility index (Phi) is 5.35. The summed E-state index contributed by atoms with van der Waals surface area (Å²) in [5.41, 5.74) is 3.57. The molecule has 2 aromatic carbocycles. The van der Waals surface area contributed by atoms with Crippen molar-refractivity contribution in [1.29, 1.82) is 0 Å². The fourth-order valence-corrected chi connectivity index (χ4v) is 1.88. The third kappa shape index (κ3) is 4.61. The molecule has 4 nitrogen and oxygen atoms in total. The van der Waals surface area contributed by atoms with Crippen molar-refractivity contribution in [2.45, 2.75) is 6.92 Å². The predicted octanol–water partition coefficient (Wildman–Crippen LogP) is 3.31. The Bertz CT molecular complexity index is 577. The van der Waals surface area contributed by atoms with Crippen molar-refractivity contribution >= 4 is 17.3 Å². The van der Waals surface area contributed by atoms with Crippen LogP contribution in [-0.2, 0) is 4.74 Å². The zero-order chi connectivity index (χ0) is 15.1. The van der Waals surface area contributed by atoms with E-state index in [1.807, 2.05) is 55.5 Å². The van der Waals surface area contributed by atoms with E-state index in [4.69, 9.17) is 4.74 Å². The molecule has 21 heavy (non-hydrogen) atoms. The molecule has 0 aliphatic carbocycles. The number of aryl methyl sites for hydroxylation is 1. The maximum atomic E-state index is 12.1. The summed E-state index contributed by atoms with van der Waals surface area (Å²) < 4.78 is 4.98. The molecule has 2 rings (SSSR count). The highest BCUT2D eigenvalue weighted by molar-refractivity contribution is 6.04. The molecule has 4 heteroatoms. The van der Waals surface area contributed by atoms with Crippen LogP contribution in [0.2, 0.25) is 0 Å². The first-order chi connectivity index (χ1) is 10.2. The van der Waals surface area contributed by atoms with Crippen molar-refractivity contribution in [1.82, 2.24) is 0 Å². The van der Waals surface area contributed by atoms with Crippen molar-refractivity contribution < 1.29 is 9.53 Å². The number of carbonyl (C=O) groups is 1. The fraction of sp³-hybridized carbons (Fsp3) is 0.235. The van der Waals surface area contributed by atoms with Crippen LogP contribution in [0.5, 0.6) is 0 Å². The Morgan fingerprint density at radius 2 is 1.62 bits per heavy atom. The smallest absolute Gasteiger partial charge is 0.255 e. The Morgan fingerprint density at radius 3 is 2.24 bits per heavy atom. The van der Waals surface area contributed by atoms with Gasteiger partial charge in [-0.2, -0.15) is 0 Å². The fourth-order valence-electron chi connectivity index (χ4n) is 1.88. The minimum absolute atomic E-state index is 0.102. The van der Waals surface area contributed by atoms with Gasteiger partial charge in [-0.3, -0.25) is 4.79 Å². The van der Waals surface area contributed by atoms with Crippen molar-refractivity contribution in [2.24, 2.45) is 0 Å². The van der Waals surface area contributed by atoms with Crippen LogP contribution in [0.4, 0.5) is 11.4 Å². The third-order valence-electron chi connectivity index (χ3n) is 3.09. The standard InChI is InChI=1S/C17H20N2O2/c1-13-3-5-14(6-4-13)17(20)19-16-9-7-15(8-10-16)18-11-12-21-2/h3-10,18H,11-12H2,1-2H3,(H,19,20). The lowest BCUT2D eigenvalue weighted by atomic mass is 10.1. The normalized spacial score (nSPS) is 10.2. The SMILES string of the molecule is COCCNc1ccc(NC(=O)c2ccc(C)cc2)cc1. The zero-order valence-electron chi connectivity index (χ0n) is 12.3. The number of hydrogen-bond donors (Lipinski definition) is 2. The molecule has 2 aromatic rings. The van der Waals surface area contributed by atoms with E-state index in [0.717, 1.165) is 23.5 Å². The summed E-state index contributed by atoms with van der Waals surface area (Å²) in [6, 6.07) is 15.1. The minimum atomic E-state index is -0.102. The van der Waals surface area contributed by atoms with Crippen LogP contribution < -0.4 is 10.6 Å². The third-order valence-corrected chi connectivity index (χ3v) is 3.09. The van der Waals surface area contributed by atoms with Crippen LogP contribution >= 0.6 is 0 Å². The van der Waals surface area contributed by atoms with E-state index >= 15 is 0 Å². The zero-order valence-corrected chi connectivity index (χ0v) is 12.3. The van der Waals surface area contributed by atoms with Crippen LogP contribution in [0.25, 0.3) is 0 Å². The predicted molar refractivity (Wildman–Crippen MR) is 85.9 cm³/mol. The molecule has 0 spiro atoms. The molecule has 0 radical (unpaired) electrons. The number of carbonyl (C=O) groups excluding carboxylic acids is 1. The van der Waals surface area contributed by atoms with Gasteiger partial charge in [-0.25, -0.2) is 0 Å². The van der Waals surface area contributed by atoms with Crippen LogP contribution in [0.15, 0.2) is 48.5 Å². The number of rotatable bonds is 6. The summed E-state index contributed by atoms with van der Waals surface area (Å²) >= 11 is 0. The molecule has 0 saturated heterocycles. The Labute approximate surface area is 125 Å². The molecule has 2 N–H and O–H groups in total. The molecule has 0 heterocycles. The van der Waals surface area contributed by atoms with Gasteiger partial charge < -0.3 is 15.4 Å². The number of methoxy groups -OCH3 is 1. The number of nitrogens with one attached hydrogen (secondary N) is 2. The lowest BCUT2D eigenvalue weighted by Gasteiger charge is -2.08. The highest BCUT2D eigenvalue weighted by Crippen LogP contribution is 2.14. The average Bonchev–Trinajstić information content (AvgIpc) is 2.50. The van der Waals surface area contributed by atoms with Gasteiger partial charge in [0.05, 0.1) is 6.61 Å². The second-order valence-corrected chi connectivity index (χ2v) is 4.82. The van der Waals surface area contributed by atoms with E-state index in [1.165, 1.54) is 0 Å². The molecule has 0 fully saturated rings. The first-order valence-electron chi connectivity index (χ1n) is 6.90. The second-order valence-electron chi connectivity index (χ2n) is 4.82. The monoisotopic (exact) mass is 284 g/mol. The van der Waals surface area contributed by atoms with E-state index < -0.39 is 0 Å². The van der Waals surface area contributed by atoms with Gasteiger partial charge in [-0.1, -0.05) is 17.7 Å². The molecule has 0 aliphatic rings. The molecule has 0 saturated carbocycles. The quantitative estimate of drug-likeness (QED) is 0.800. The average molecular weight is 284 g/mol. The van der Waals surface area contributed by atoms with Gasteiger partial charge in [-0.05, 0) is 43.3 Å². The van der Waals surface area contributed by atoms with Gasteiger partial charge in [0.25, 0.3) is 5.91 Å². The van der Waals surface area contributed by atoms with Crippen molar-refractivity contribution in [3.63, 3.8) is 0 Å². The Hall–Kier alpha value is -2.33. The van der Waals surface area contributed by atoms with Gasteiger partial charge in [-0.15, -0.1) is 0 Å². The van der Waals surface area contributed by atoms with Crippen LogP contribution in [0.1, 0.15) is 15.9 Å². The highest BCUT2D eigenvalue weighted by atomic mass is 16.5. The van der Waals surface area contributed by atoms with Crippen LogP contribution in [0.3, 0.4) is 0 Å².